The first-order valence-corrected chi connectivity index (χ1v) is 8.56. The lowest BCUT2D eigenvalue weighted by Crippen LogP contribution is -2.24. The van der Waals surface area contributed by atoms with Gasteiger partial charge in [0, 0.05) is 23.6 Å². The second kappa shape index (κ2) is 6.66. The second-order valence-corrected chi connectivity index (χ2v) is 6.45. The summed E-state index contributed by atoms with van der Waals surface area (Å²) < 4.78 is 2.22. The van der Waals surface area contributed by atoms with Gasteiger partial charge in [0.1, 0.15) is 5.82 Å². The van der Waals surface area contributed by atoms with Crippen LogP contribution in [0.5, 0.6) is 0 Å². The summed E-state index contributed by atoms with van der Waals surface area (Å²) in [7, 11) is 0. The number of hydrogen-bond donors (Lipinski definition) is 0. The van der Waals surface area contributed by atoms with Gasteiger partial charge in [-0.15, -0.1) is 0 Å². The molecule has 0 N–H and O–H groups in total. The Morgan fingerprint density at radius 3 is 2.55 bits per heavy atom. The average Bonchev–Trinajstić information content (AvgIpc) is 3.12. The molecule has 3 nitrogen and oxygen atoms in total. The molecular weight excluding hydrogens is 270 g/mol. The van der Waals surface area contributed by atoms with Crippen LogP contribution in [-0.4, -0.2) is 27.5 Å². The average molecular weight is 297 g/mol. The molecule has 118 valence electrons. The van der Waals surface area contributed by atoms with Gasteiger partial charge in [0.15, 0.2) is 0 Å². The minimum absolute atomic E-state index is 0.569. The molecule has 2 aromatic heterocycles. The van der Waals surface area contributed by atoms with E-state index < -0.39 is 0 Å². The van der Waals surface area contributed by atoms with Crippen molar-refractivity contribution in [2.75, 3.05) is 13.1 Å². The predicted octanol–water partition coefficient (Wildman–Crippen LogP) is 4.43. The minimum atomic E-state index is 0.569. The maximum atomic E-state index is 4.74. The van der Waals surface area contributed by atoms with Crippen molar-refractivity contribution in [3.05, 3.63) is 47.4 Å². The van der Waals surface area contributed by atoms with Gasteiger partial charge in [-0.25, -0.2) is 4.98 Å². The standard InChI is InChI=1S/C19H27N3/c1-4-5-12-21-13-6-7-18(21)17-10-11-19(20-14-17)22-15(2)8-9-16(22)3/h8-11,14,18H,4-7,12-13H2,1-3H3. The SMILES string of the molecule is CCCCN1CCCC1c1ccc(-n2c(C)ccc2C)nc1. The molecule has 0 saturated carbocycles. The number of unbranched alkanes of at least 4 members (excludes halogenated alkanes) is 1. The van der Waals surface area contributed by atoms with Crippen LogP contribution >= 0.6 is 0 Å². The molecule has 1 aliphatic rings. The topological polar surface area (TPSA) is 21.1 Å². The van der Waals surface area contributed by atoms with Crippen LogP contribution in [0, 0.1) is 13.8 Å². The fraction of sp³-hybridized carbons (Fsp3) is 0.526. The van der Waals surface area contributed by atoms with E-state index in [0.717, 1.165) is 5.82 Å². The Balaban J connectivity index is 1.79. The maximum absolute atomic E-state index is 4.74. The van der Waals surface area contributed by atoms with E-state index in [0.29, 0.717) is 6.04 Å². The number of rotatable bonds is 5. The van der Waals surface area contributed by atoms with Crippen molar-refractivity contribution in [1.29, 1.82) is 0 Å². The summed E-state index contributed by atoms with van der Waals surface area (Å²) in [5.41, 5.74) is 3.85. The Kier molecular flexibility index (Phi) is 4.63. The van der Waals surface area contributed by atoms with Gasteiger partial charge in [-0.1, -0.05) is 19.4 Å². The largest absolute Gasteiger partial charge is 0.303 e. The molecule has 1 saturated heterocycles. The number of hydrogen-bond acceptors (Lipinski definition) is 2. The summed E-state index contributed by atoms with van der Waals surface area (Å²) in [4.78, 5) is 7.37. The van der Waals surface area contributed by atoms with Gasteiger partial charge in [0.05, 0.1) is 0 Å². The van der Waals surface area contributed by atoms with Crippen molar-refractivity contribution in [3.63, 3.8) is 0 Å². The summed E-state index contributed by atoms with van der Waals surface area (Å²) in [5.74, 6) is 1.03. The molecule has 1 fully saturated rings. The maximum Gasteiger partial charge on any atom is 0.136 e. The molecule has 1 atom stereocenters. The number of aryl methyl sites for hydroxylation is 2. The van der Waals surface area contributed by atoms with E-state index in [1.54, 1.807) is 0 Å². The van der Waals surface area contributed by atoms with Crippen molar-refractivity contribution in [2.45, 2.75) is 52.5 Å². The molecule has 1 aliphatic heterocycles. The summed E-state index contributed by atoms with van der Waals surface area (Å²) in [6.07, 6.45) is 7.23. The van der Waals surface area contributed by atoms with E-state index in [9.17, 15) is 0 Å². The first-order chi connectivity index (χ1) is 10.7. The van der Waals surface area contributed by atoms with Gasteiger partial charge < -0.3 is 4.57 Å². The molecule has 2 aromatic rings. The second-order valence-electron chi connectivity index (χ2n) is 6.45. The smallest absolute Gasteiger partial charge is 0.136 e. The fourth-order valence-corrected chi connectivity index (χ4v) is 3.59. The molecule has 1 unspecified atom stereocenters. The highest BCUT2D eigenvalue weighted by Gasteiger charge is 2.25. The van der Waals surface area contributed by atoms with Crippen LogP contribution in [-0.2, 0) is 0 Å². The molecule has 0 aliphatic carbocycles. The lowest BCUT2D eigenvalue weighted by Gasteiger charge is -2.24. The van der Waals surface area contributed by atoms with Crippen LogP contribution in [0.2, 0.25) is 0 Å². The van der Waals surface area contributed by atoms with E-state index in [2.05, 4.69) is 60.7 Å². The molecule has 3 rings (SSSR count). The summed E-state index contributed by atoms with van der Waals surface area (Å²) in [6, 6.07) is 9.31. The first-order valence-electron chi connectivity index (χ1n) is 8.56. The normalized spacial score (nSPS) is 19.0. The van der Waals surface area contributed by atoms with E-state index in [1.807, 2.05) is 0 Å². The Bertz CT molecular complexity index is 593. The monoisotopic (exact) mass is 297 g/mol. The molecule has 0 bridgehead atoms. The van der Waals surface area contributed by atoms with Crippen molar-refractivity contribution in [2.24, 2.45) is 0 Å². The molecule has 0 radical (unpaired) electrons. The zero-order chi connectivity index (χ0) is 15.5. The third kappa shape index (κ3) is 2.95. The number of nitrogens with zero attached hydrogens (tertiary/aromatic N) is 3. The molecular formula is C19H27N3. The van der Waals surface area contributed by atoms with Gasteiger partial charge in [0.25, 0.3) is 0 Å². The molecule has 0 amide bonds. The molecule has 0 aromatic carbocycles. The van der Waals surface area contributed by atoms with Gasteiger partial charge in [-0.05, 0) is 70.0 Å². The summed E-state index contributed by atoms with van der Waals surface area (Å²) in [6.45, 7) is 8.99. The number of pyridine rings is 1. The lowest BCUT2D eigenvalue weighted by atomic mass is 10.1. The molecule has 0 spiro atoms. The summed E-state index contributed by atoms with van der Waals surface area (Å²) >= 11 is 0. The van der Waals surface area contributed by atoms with Crippen molar-refractivity contribution in [1.82, 2.24) is 14.5 Å². The highest BCUT2D eigenvalue weighted by molar-refractivity contribution is 5.33. The lowest BCUT2D eigenvalue weighted by molar-refractivity contribution is 0.253. The van der Waals surface area contributed by atoms with Crippen LogP contribution in [0.15, 0.2) is 30.5 Å². The summed E-state index contributed by atoms with van der Waals surface area (Å²) in [5, 5.41) is 0. The Hall–Kier alpha value is -1.61. The first kappa shape index (κ1) is 15.3. The third-order valence-electron chi connectivity index (χ3n) is 4.82. The van der Waals surface area contributed by atoms with Crippen LogP contribution < -0.4 is 0 Å². The van der Waals surface area contributed by atoms with Crippen molar-refractivity contribution < 1.29 is 0 Å². The van der Waals surface area contributed by atoms with E-state index in [1.165, 1.54) is 55.7 Å². The Morgan fingerprint density at radius 2 is 1.91 bits per heavy atom. The molecule has 3 heteroatoms. The van der Waals surface area contributed by atoms with Crippen LogP contribution in [0.3, 0.4) is 0 Å². The van der Waals surface area contributed by atoms with Gasteiger partial charge in [-0.2, -0.15) is 0 Å². The van der Waals surface area contributed by atoms with Gasteiger partial charge >= 0.3 is 0 Å². The zero-order valence-corrected chi connectivity index (χ0v) is 14.0. The Labute approximate surface area is 134 Å². The van der Waals surface area contributed by atoms with E-state index >= 15 is 0 Å². The highest BCUT2D eigenvalue weighted by Crippen LogP contribution is 2.32. The van der Waals surface area contributed by atoms with Crippen LogP contribution in [0.1, 0.15) is 55.6 Å². The van der Waals surface area contributed by atoms with Gasteiger partial charge in [0.2, 0.25) is 0 Å². The highest BCUT2D eigenvalue weighted by atomic mass is 15.2. The van der Waals surface area contributed by atoms with Crippen molar-refractivity contribution in [3.8, 4) is 5.82 Å². The Morgan fingerprint density at radius 1 is 1.14 bits per heavy atom. The van der Waals surface area contributed by atoms with Crippen LogP contribution in [0.25, 0.3) is 5.82 Å². The fourth-order valence-electron chi connectivity index (χ4n) is 3.59. The molecule has 3 heterocycles. The van der Waals surface area contributed by atoms with Crippen molar-refractivity contribution >= 4 is 0 Å². The van der Waals surface area contributed by atoms with E-state index in [-0.39, 0.29) is 0 Å². The molecule has 22 heavy (non-hydrogen) atoms. The van der Waals surface area contributed by atoms with Gasteiger partial charge in [-0.3, -0.25) is 4.90 Å². The number of likely N-dealkylation sites (tertiary alicyclic amines) is 1. The third-order valence-corrected chi connectivity index (χ3v) is 4.82. The van der Waals surface area contributed by atoms with E-state index in [4.69, 9.17) is 4.98 Å². The quantitative estimate of drug-likeness (QED) is 0.814. The van der Waals surface area contributed by atoms with Crippen LogP contribution in [0.4, 0.5) is 0 Å². The predicted molar refractivity (Wildman–Crippen MR) is 91.5 cm³/mol. The minimum Gasteiger partial charge on any atom is -0.303 e. The number of aromatic nitrogens is 2. The zero-order valence-electron chi connectivity index (χ0n) is 14.0.